The fraction of sp³-hybridized carbons (Fsp3) is 0.333. The Balaban J connectivity index is 2.00. The molecule has 3 nitrogen and oxygen atoms in total. The molecular weight excluding hydrogens is 401 g/mol. The van der Waals surface area contributed by atoms with Crippen molar-refractivity contribution in [1.29, 1.82) is 0 Å². The maximum Gasteiger partial charge on any atom is 0.262 e. The molecule has 0 radical (unpaired) electrons. The summed E-state index contributed by atoms with van der Waals surface area (Å²) in [6.45, 7) is 13.5. The first-order valence-corrected chi connectivity index (χ1v) is 11.9. The minimum Gasteiger partial charge on any atom is -0.444 e. The molecule has 0 bridgehead atoms. The lowest BCUT2D eigenvalue weighted by Gasteiger charge is -2.30. The molecule has 0 aliphatic heterocycles. The van der Waals surface area contributed by atoms with Crippen LogP contribution < -0.4 is 15.6 Å². The molecule has 164 valence electrons. The molecule has 0 fully saturated rings. The Labute approximate surface area is 188 Å². The third-order valence-electron chi connectivity index (χ3n) is 5.40. The lowest BCUT2D eigenvalue weighted by molar-refractivity contribution is 0.476. The summed E-state index contributed by atoms with van der Waals surface area (Å²) in [5.41, 5.74) is 11.5. The minimum atomic E-state index is -1.82. The van der Waals surface area contributed by atoms with Crippen LogP contribution >= 0.6 is 8.38 Å². The van der Waals surface area contributed by atoms with E-state index in [-0.39, 0.29) is 10.8 Å². The average molecular weight is 436 g/mol. The van der Waals surface area contributed by atoms with E-state index in [0.717, 1.165) is 27.6 Å². The van der Waals surface area contributed by atoms with Gasteiger partial charge >= 0.3 is 0 Å². The van der Waals surface area contributed by atoms with Crippen molar-refractivity contribution in [2.75, 3.05) is 0 Å². The zero-order chi connectivity index (χ0) is 22.8. The van der Waals surface area contributed by atoms with Crippen molar-refractivity contribution >= 4 is 13.7 Å². The normalized spacial score (nSPS) is 13.2. The van der Waals surface area contributed by atoms with E-state index in [1.54, 1.807) is 0 Å². The summed E-state index contributed by atoms with van der Waals surface area (Å²) in [6, 6.07) is 22.3. The van der Waals surface area contributed by atoms with Crippen LogP contribution in [-0.2, 0) is 17.4 Å². The van der Waals surface area contributed by atoms with Crippen molar-refractivity contribution in [3.8, 4) is 16.9 Å². The minimum absolute atomic E-state index is 0.0266. The molecule has 0 amide bonds. The second-order valence-corrected chi connectivity index (χ2v) is 11.2. The highest BCUT2D eigenvalue weighted by atomic mass is 31.2. The molecule has 31 heavy (non-hydrogen) atoms. The van der Waals surface area contributed by atoms with Gasteiger partial charge in [0.25, 0.3) is 8.38 Å². The molecule has 0 aliphatic rings. The Morgan fingerprint density at radius 1 is 0.774 bits per heavy atom. The molecule has 1 unspecified atom stereocenters. The zero-order valence-corrected chi connectivity index (χ0v) is 20.3. The molecule has 3 N–H and O–H groups in total. The van der Waals surface area contributed by atoms with Crippen LogP contribution in [0.2, 0.25) is 0 Å². The highest BCUT2D eigenvalue weighted by Gasteiger charge is 2.27. The second kappa shape index (κ2) is 9.12. The van der Waals surface area contributed by atoms with Gasteiger partial charge in [-0.25, -0.2) is 0 Å². The van der Waals surface area contributed by atoms with Gasteiger partial charge in [-0.15, -0.1) is 0 Å². The fourth-order valence-corrected chi connectivity index (χ4v) is 4.64. The van der Waals surface area contributed by atoms with Crippen LogP contribution in [0.4, 0.5) is 0 Å². The number of benzene rings is 3. The van der Waals surface area contributed by atoms with Crippen molar-refractivity contribution in [1.82, 2.24) is 0 Å². The predicted octanol–water partition coefficient (Wildman–Crippen LogP) is 6.42. The third kappa shape index (κ3) is 5.54. The van der Waals surface area contributed by atoms with Crippen LogP contribution in [0.25, 0.3) is 11.1 Å². The van der Waals surface area contributed by atoms with Gasteiger partial charge in [-0.1, -0.05) is 90.1 Å². The molecule has 4 heteroatoms. The highest BCUT2D eigenvalue weighted by Crippen LogP contribution is 2.43. The molecule has 0 spiro atoms. The molecule has 0 heterocycles. The van der Waals surface area contributed by atoms with E-state index in [0.29, 0.717) is 12.3 Å². The molecule has 3 aromatic carbocycles. The first-order valence-electron chi connectivity index (χ1n) is 10.7. The van der Waals surface area contributed by atoms with Crippen molar-refractivity contribution < 1.29 is 9.42 Å². The van der Waals surface area contributed by atoms with Crippen LogP contribution in [0, 0.1) is 0 Å². The molecule has 0 saturated heterocycles. The molecule has 1 atom stereocenters. The topological polar surface area (TPSA) is 55.5 Å². The first-order chi connectivity index (χ1) is 14.5. The highest BCUT2D eigenvalue weighted by molar-refractivity contribution is 7.55. The van der Waals surface area contributed by atoms with Gasteiger partial charge in [-0.2, -0.15) is 0 Å². The first kappa shape index (κ1) is 23.5. The van der Waals surface area contributed by atoms with Crippen molar-refractivity contribution in [3.63, 3.8) is 0 Å². The van der Waals surface area contributed by atoms with Gasteiger partial charge in [0.15, 0.2) is 0 Å². The van der Waals surface area contributed by atoms with E-state index in [2.05, 4.69) is 59.7 Å². The van der Waals surface area contributed by atoms with Gasteiger partial charge < -0.3 is 15.2 Å². The lowest BCUT2D eigenvalue weighted by atomic mass is 9.78. The van der Waals surface area contributed by atoms with Gasteiger partial charge in [-0.05, 0) is 51.3 Å². The van der Waals surface area contributed by atoms with Gasteiger partial charge in [0, 0.05) is 17.4 Å². The quantitative estimate of drug-likeness (QED) is 0.455. The van der Waals surface area contributed by atoms with E-state index in [1.807, 2.05) is 48.5 Å². The Hall–Kier alpha value is -2.19. The Kier molecular flexibility index (Phi) is 6.91. The summed E-state index contributed by atoms with van der Waals surface area (Å²) in [5, 5.41) is 0.783. The van der Waals surface area contributed by atoms with Gasteiger partial charge in [0.1, 0.15) is 5.75 Å². The predicted molar refractivity (Wildman–Crippen MR) is 133 cm³/mol. The molecule has 0 aromatic heterocycles. The largest absolute Gasteiger partial charge is 0.444 e. The molecule has 0 saturated carbocycles. The summed E-state index contributed by atoms with van der Waals surface area (Å²) in [6.07, 6.45) is 0. The Bertz CT molecular complexity index is 1030. The van der Waals surface area contributed by atoms with E-state index >= 15 is 0 Å². The van der Waals surface area contributed by atoms with Gasteiger partial charge in [0.2, 0.25) is 0 Å². The van der Waals surface area contributed by atoms with Crippen LogP contribution in [0.1, 0.15) is 58.2 Å². The Morgan fingerprint density at radius 3 is 1.97 bits per heavy atom. The third-order valence-corrected chi connectivity index (χ3v) is 6.49. The van der Waals surface area contributed by atoms with Crippen molar-refractivity contribution in [3.05, 3.63) is 83.4 Å². The van der Waals surface area contributed by atoms with Crippen LogP contribution in [-0.4, -0.2) is 4.89 Å². The van der Waals surface area contributed by atoms with Crippen molar-refractivity contribution in [2.45, 2.75) is 58.9 Å². The molecule has 0 aliphatic carbocycles. The van der Waals surface area contributed by atoms with E-state index in [1.165, 1.54) is 5.56 Å². The fourth-order valence-electron chi connectivity index (χ4n) is 3.73. The molecule has 3 rings (SSSR count). The lowest BCUT2D eigenvalue weighted by Crippen LogP contribution is -2.21. The maximum atomic E-state index is 11.0. The SMILES string of the molecule is CC(C)(C)c1cc(C(C)(C)C)c(OP(O)c2cccc(-c3ccccc3)c2)cc1CN. The van der Waals surface area contributed by atoms with Gasteiger partial charge in [0.05, 0.1) is 0 Å². The second-order valence-electron chi connectivity index (χ2n) is 9.99. The van der Waals surface area contributed by atoms with Crippen LogP contribution in [0.5, 0.6) is 5.75 Å². The molecule has 3 aromatic rings. The average Bonchev–Trinajstić information content (AvgIpc) is 2.72. The number of rotatable bonds is 5. The van der Waals surface area contributed by atoms with Gasteiger partial charge in [-0.3, -0.25) is 0 Å². The maximum absolute atomic E-state index is 11.0. The van der Waals surface area contributed by atoms with Crippen LogP contribution in [0.3, 0.4) is 0 Å². The standard InChI is InChI=1S/C27H34NO2P/c1-26(2,3)23-17-24(27(4,5)6)25(16-21(23)18-28)30-31(29)22-14-10-13-20(15-22)19-11-8-7-9-12-19/h7-17,29H,18,28H2,1-6H3. The number of nitrogens with two attached hydrogens (primary N) is 1. The molecular formula is C27H34NO2P. The summed E-state index contributed by atoms with van der Waals surface area (Å²) >= 11 is 0. The smallest absolute Gasteiger partial charge is 0.262 e. The monoisotopic (exact) mass is 435 g/mol. The summed E-state index contributed by atoms with van der Waals surface area (Å²) in [5.74, 6) is 0.708. The summed E-state index contributed by atoms with van der Waals surface area (Å²) in [4.78, 5) is 11.0. The Morgan fingerprint density at radius 2 is 1.39 bits per heavy atom. The summed E-state index contributed by atoms with van der Waals surface area (Å²) in [7, 11) is -1.82. The van der Waals surface area contributed by atoms with Crippen LogP contribution in [0.15, 0.2) is 66.7 Å². The number of hydrogen-bond acceptors (Lipinski definition) is 3. The zero-order valence-electron chi connectivity index (χ0n) is 19.4. The summed E-state index contributed by atoms with van der Waals surface area (Å²) < 4.78 is 6.22. The van der Waals surface area contributed by atoms with E-state index in [9.17, 15) is 4.89 Å². The number of hydrogen-bond donors (Lipinski definition) is 2. The van der Waals surface area contributed by atoms with E-state index in [4.69, 9.17) is 10.3 Å². The van der Waals surface area contributed by atoms with E-state index < -0.39 is 8.38 Å². The van der Waals surface area contributed by atoms with Crippen molar-refractivity contribution in [2.24, 2.45) is 5.73 Å².